The molecule has 0 aliphatic rings. The highest BCUT2D eigenvalue weighted by atomic mass is 19.4. The molecule has 0 saturated heterocycles. The van der Waals surface area contributed by atoms with Crippen molar-refractivity contribution in [3.63, 3.8) is 0 Å². The first-order valence-corrected chi connectivity index (χ1v) is 8.76. The molecule has 0 saturated carbocycles. The highest BCUT2D eigenvalue weighted by molar-refractivity contribution is 5.65. The predicted octanol–water partition coefficient (Wildman–Crippen LogP) is 2.95. The van der Waals surface area contributed by atoms with E-state index in [4.69, 9.17) is 9.84 Å². The molecule has 0 heterocycles. The molecule has 154 valence electrons. The van der Waals surface area contributed by atoms with Gasteiger partial charge in [0.25, 0.3) is 0 Å². The van der Waals surface area contributed by atoms with Crippen LogP contribution in [0, 0.1) is 0 Å². The average Bonchev–Trinajstić information content (AvgIpc) is 2.56. The summed E-state index contributed by atoms with van der Waals surface area (Å²) < 4.78 is 41.5. The zero-order valence-electron chi connectivity index (χ0n) is 15.4. The predicted molar refractivity (Wildman–Crippen MR) is 95.0 cm³/mol. The van der Waals surface area contributed by atoms with Gasteiger partial charge in [0, 0.05) is 19.0 Å². The first-order chi connectivity index (χ1) is 12.6. The van der Waals surface area contributed by atoms with Crippen LogP contribution in [-0.4, -0.2) is 53.8 Å². The summed E-state index contributed by atoms with van der Waals surface area (Å²) in [5.74, 6) is 0.436. The van der Waals surface area contributed by atoms with Crippen LogP contribution in [-0.2, 0) is 6.42 Å². The van der Waals surface area contributed by atoms with Gasteiger partial charge in [-0.1, -0.05) is 26.0 Å². The summed E-state index contributed by atoms with van der Waals surface area (Å²) in [4.78, 5) is 11.0. The topological polar surface area (TPSA) is 90.8 Å². The third-order valence-corrected chi connectivity index (χ3v) is 3.76. The molecule has 0 fully saturated rings. The van der Waals surface area contributed by atoms with Gasteiger partial charge >= 0.3 is 12.3 Å². The fourth-order valence-electron chi connectivity index (χ4n) is 2.38. The first kappa shape index (κ1) is 23.0. The quantitative estimate of drug-likeness (QED) is 0.435. The molecule has 2 atom stereocenters. The number of ether oxygens (including phenoxy) is 1. The van der Waals surface area contributed by atoms with E-state index in [0.717, 1.165) is 5.56 Å². The van der Waals surface area contributed by atoms with Crippen LogP contribution in [0.1, 0.15) is 32.3 Å². The van der Waals surface area contributed by atoms with E-state index in [1.165, 1.54) is 0 Å². The number of alkyl halides is 3. The number of aliphatic hydroxyl groups is 1. The number of hydrogen-bond acceptors (Lipinski definition) is 4. The third-order valence-electron chi connectivity index (χ3n) is 3.76. The van der Waals surface area contributed by atoms with E-state index in [-0.39, 0.29) is 32.0 Å². The number of nitrogens with one attached hydrogen (secondary N) is 2. The van der Waals surface area contributed by atoms with Gasteiger partial charge in [-0.3, -0.25) is 0 Å². The fourth-order valence-corrected chi connectivity index (χ4v) is 2.38. The van der Waals surface area contributed by atoms with Crippen LogP contribution in [0.15, 0.2) is 24.3 Å². The Morgan fingerprint density at radius 3 is 2.37 bits per heavy atom. The molecule has 1 rings (SSSR count). The third kappa shape index (κ3) is 10.7. The zero-order valence-corrected chi connectivity index (χ0v) is 15.4. The number of aliphatic hydroxyl groups excluding tert-OH is 1. The van der Waals surface area contributed by atoms with Crippen molar-refractivity contribution in [2.75, 3.05) is 13.2 Å². The Bertz CT molecular complexity index is 565. The Hall–Kier alpha value is -2.00. The van der Waals surface area contributed by atoms with Crippen LogP contribution in [0.4, 0.5) is 18.0 Å². The Morgan fingerprint density at radius 2 is 1.85 bits per heavy atom. The van der Waals surface area contributed by atoms with Crippen molar-refractivity contribution in [3.05, 3.63) is 29.8 Å². The molecule has 0 unspecified atom stereocenters. The molecule has 0 radical (unpaired) electrons. The summed E-state index contributed by atoms with van der Waals surface area (Å²) in [5, 5.41) is 24.6. The van der Waals surface area contributed by atoms with Crippen LogP contribution in [0.3, 0.4) is 0 Å². The molecule has 27 heavy (non-hydrogen) atoms. The Morgan fingerprint density at radius 1 is 1.22 bits per heavy atom. The van der Waals surface area contributed by atoms with Gasteiger partial charge in [0.2, 0.25) is 0 Å². The lowest BCUT2D eigenvalue weighted by Crippen LogP contribution is -2.49. The molecular formula is C18H27F3N2O4. The van der Waals surface area contributed by atoms with Crippen LogP contribution >= 0.6 is 0 Å². The molecule has 0 spiro atoms. The van der Waals surface area contributed by atoms with Crippen molar-refractivity contribution < 1.29 is 32.9 Å². The van der Waals surface area contributed by atoms with E-state index in [9.17, 15) is 23.1 Å². The van der Waals surface area contributed by atoms with E-state index in [1.807, 2.05) is 13.8 Å². The summed E-state index contributed by atoms with van der Waals surface area (Å²) in [6.45, 7) is 4.03. The second kappa shape index (κ2) is 11.0. The lowest BCUT2D eigenvalue weighted by atomic mass is 10.0. The minimum atomic E-state index is -4.19. The molecule has 1 amide bonds. The van der Waals surface area contributed by atoms with Gasteiger partial charge in [-0.25, -0.2) is 4.79 Å². The molecule has 0 aliphatic heterocycles. The normalized spacial score (nSPS) is 14.0. The number of benzene rings is 1. The summed E-state index contributed by atoms with van der Waals surface area (Å²) in [6.07, 6.45) is -7.08. The Kier molecular flexibility index (Phi) is 9.37. The molecule has 1 aromatic carbocycles. The van der Waals surface area contributed by atoms with E-state index in [2.05, 4.69) is 10.6 Å². The van der Waals surface area contributed by atoms with Gasteiger partial charge in [-0.15, -0.1) is 0 Å². The van der Waals surface area contributed by atoms with E-state index in [1.54, 1.807) is 24.3 Å². The molecule has 0 aliphatic carbocycles. The van der Waals surface area contributed by atoms with E-state index in [0.29, 0.717) is 5.75 Å². The van der Waals surface area contributed by atoms with Crippen molar-refractivity contribution >= 4 is 6.09 Å². The van der Waals surface area contributed by atoms with Crippen LogP contribution < -0.4 is 15.4 Å². The highest BCUT2D eigenvalue weighted by Crippen LogP contribution is 2.22. The lowest BCUT2D eigenvalue weighted by molar-refractivity contribution is -0.136. The number of hydrogen-bond donors (Lipinski definition) is 4. The van der Waals surface area contributed by atoms with Gasteiger partial charge in [0.1, 0.15) is 5.75 Å². The largest absolute Gasteiger partial charge is 0.494 e. The molecule has 9 heteroatoms. The van der Waals surface area contributed by atoms with Gasteiger partial charge in [0.05, 0.1) is 18.8 Å². The Labute approximate surface area is 156 Å². The number of amides is 1. The maximum Gasteiger partial charge on any atom is 0.404 e. The highest BCUT2D eigenvalue weighted by Gasteiger charge is 2.26. The monoisotopic (exact) mass is 392 g/mol. The van der Waals surface area contributed by atoms with Crippen molar-refractivity contribution in [2.24, 2.45) is 0 Å². The van der Waals surface area contributed by atoms with Gasteiger partial charge in [0.15, 0.2) is 0 Å². The lowest BCUT2D eigenvalue weighted by Gasteiger charge is -2.24. The molecule has 0 bridgehead atoms. The van der Waals surface area contributed by atoms with E-state index >= 15 is 0 Å². The van der Waals surface area contributed by atoms with Gasteiger partial charge < -0.3 is 25.6 Å². The van der Waals surface area contributed by atoms with Crippen molar-refractivity contribution in [1.82, 2.24) is 10.6 Å². The second-order valence-electron chi connectivity index (χ2n) is 6.60. The number of carboxylic acid groups (broad SMARTS) is 1. The molecule has 6 nitrogen and oxygen atoms in total. The van der Waals surface area contributed by atoms with Crippen molar-refractivity contribution in [3.8, 4) is 5.75 Å². The second-order valence-corrected chi connectivity index (χ2v) is 6.60. The maximum absolute atomic E-state index is 12.1. The first-order valence-electron chi connectivity index (χ1n) is 8.76. The number of halogens is 3. The summed E-state index contributed by atoms with van der Waals surface area (Å²) in [5.41, 5.74) is 0.764. The van der Waals surface area contributed by atoms with Crippen LogP contribution in [0.5, 0.6) is 5.75 Å². The minimum Gasteiger partial charge on any atom is -0.494 e. The van der Waals surface area contributed by atoms with Crippen molar-refractivity contribution in [2.45, 2.75) is 57.5 Å². The van der Waals surface area contributed by atoms with Crippen LogP contribution in [0.2, 0.25) is 0 Å². The SMILES string of the molecule is CC(C)NC[C@@H](O)[C@H](Cc1ccc(OCCCC(F)(F)F)cc1)NC(=O)O. The molecule has 0 aromatic heterocycles. The standard InChI is InChI=1S/C18H27F3N2O4/c1-12(2)22-11-16(24)15(23-17(25)26)10-13-4-6-14(7-5-13)27-9-3-8-18(19,20)21/h4-7,12,15-16,22-24H,3,8-11H2,1-2H3,(H,25,26)/t15-,16+/m0/s1. The number of carbonyl (C=O) groups is 1. The Balaban J connectivity index is 2.56. The maximum atomic E-state index is 12.1. The molecular weight excluding hydrogens is 365 g/mol. The average molecular weight is 392 g/mol. The summed E-state index contributed by atoms with van der Waals surface area (Å²) >= 11 is 0. The van der Waals surface area contributed by atoms with Gasteiger partial charge in [-0.05, 0) is 30.5 Å². The van der Waals surface area contributed by atoms with E-state index < -0.39 is 30.8 Å². The van der Waals surface area contributed by atoms with Gasteiger partial charge in [-0.2, -0.15) is 13.2 Å². The van der Waals surface area contributed by atoms with Crippen LogP contribution in [0.25, 0.3) is 0 Å². The number of rotatable bonds is 11. The fraction of sp³-hybridized carbons (Fsp3) is 0.611. The zero-order chi connectivity index (χ0) is 20.4. The summed E-state index contributed by atoms with van der Waals surface area (Å²) in [6, 6.07) is 6.06. The minimum absolute atomic E-state index is 0.0400. The molecule has 1 aromatic rings. The molecule has 4 N–H and O–H groups in total. The smallest absolute Gasteiger partial charge is 0.404 e. The van der Waals surface area contributed by atoms with Crippen molar-refractivity contribution in [1.29, 1.82) is 0 Å². The summed E-state index contributed by atoms with van der Waals surface area (Å²) in [7, 11) is 0.